The number of hydrogen-bond acceptors (Lipinski definition) is 4. The van der Waals surface area contributed by atoms with Crippen LogP contribution in [0.3, 0.4) is 0 Å². The van der Waals surface area contributed by atoms with Gasteiger partial charge < -0.3 is 9.80 Å². The van der Waals surface area contributed by atoms with Gasteiger partial charge in [0.1, 0.15) is 22.7 Å². The van der Waals surface area contributed by atoms with Gasteiger partial charge in [-0.1, -0.05) is 0 Å². The molecule has 2 fully saturated rings. The van der Waals surface area contributed by atoms with Crippen LogP contribution in [-0.2, 0) is 0 Å². The maximum Gasteiger partial charge on any atom is 0.132 e. The first kappa shape index (κ1) is 16.9. The summed E-state index contributed by atoms with van der Waals surface area (Å²) in [5.74, 6) is 1.08. The van der Waals surface area contributed by atoms with E-state index in [1.807, 2.05) is 27.7 Å². The maximum atomic E-state index is 8.38. The molecule has 0 spiro atoms. The van der Waals surface area contributed by atoms with E-state index in [-0.39, 0.29) is 0 Å². The number of hydrogen-bond donors (Lipinski definition) is 2. The van der Waals surface area contributed by atoms with Gasteiger partial charge in [-0.05, 0) is 53.4 Å². The molecular formula is C16H30N6. The van der Waals surface area contributed by atoms with Crippen molar-refractivity contribution in [3.8, 4) is 0 Å². The van der Waals surface area contributed by atoms with Gasteiger partial charge in [0.2, 0.25) is 0 Å². The molecule has 2 N–H and O–H groups in total. The predicted octanol–water partition coefficient (Wildman–Crippen LogP) is 3.14. The molecule has 22 heavy (non-hydrogen) atoms. The highest BCUT2D eigenvalue weighted by Gasteiger charge is 2.33. The van der Waals surface area contributed by atoms with Gasteiger partial charge in [-0.3, -0.25) is 10.8 Å². The minimum Gasteiger partial charge on any atom is -0.358 e. The molecule has 2 saturated heterocycles. The van der Waals surface area contributed by atoms with Crippen molar-refractivity contribution < 1.29 is 0 Å². The van der Waals surface area contributed by atoms with Crippen LogP contribution in [0.4, 0.5) is 0 Å². The Morgan fingerprint density at radius 2 is 0.955 bits per heavy atom. The van der Waals surface area contributed by atoms with E-state index in [9.17, 15) is 0 Å². The van der Waals surface area contributed by atoms with Gasteiger partial charge in [-0.25, -0.2) is 0 Å². The molecule has 6 nitrogen and oxygen atoms in total. The second kappa shape index (κ2) is 6.34. The Kier molecular flexibility index (Phi) is 4.87. The van der Waals surface area contributed by atoms with E-state index in [4.69, 9.17) is 10.8 Å². The summed E-state index contributed by atoms with van der Waals surface area (Å²) in [6, 6.07) is 0. The molecule has 0 bridgehead atoms. The normalized spacial score (nSPS) is 20.2. The maximum absolute atomic E-state index is 8.38. The molecule has 0 aromatic carbocycles. The van der Waals surface area contributed by atoms with E-state index in [1.54, 1.807) is 0 Å². The van der Waals surface area contributed by atoms with Crippen molar-refractivity contribution in [2.75, 3.05) is 26.2 Å². The number of likely N-dealkylation sites (tertiary alicyclic amines) is 2. The Hall–Kier alpha value is -1.46. The van der Waals surface area contributed by atoms with E-state index in [2.05, 4.69) is 20.0 Å². The van der Waals surface area contributed by atoms with Crippen LogP contribution in [0.1, 0.15) is 53.4 Å². The fourth-order valence-electron chi connectivity index (χ4n) is 3.00. The lowest BCUT2D eigenvalue weighted by Gasteiger charge is -2.31. The SMILES string of the molecule is CC(C)(/N=N/C(C)(C)C(=N)N1CCCC1)C(=N)N1CCCC1. The topological polar surface area (TPSA) is 78.9 Å². The van der Waals surface area contributed by atoms with Crippen LogP contribution in [0.15, 0.2) is 10.2 Å². The molecule has 6 heteroatoms. The Labute approximate surface area is 134 Å². The summed E-state index contributed by atoms with van der Waals surface area (Å²) < 4.78 is 0. The lowest BCUT2D eigenvalue weighted by atomic mass is 10.0. The summed E-state index contributed by atoms with van der Waals surface area (Å²) in [6.07, 6.45) is 4.61. The van der Waals surface area contributed by atoms with Crippen LogP contribution in [0.2, 0.25) is 0 Å². The van der Waals surface area contributed by atoms with Crippen LogP contribution in [0.25, 0.3) is 0 Å². The molecule has 2 rings (SSSR count). The van der Waals surface area contributed by atoms with Crippen LogP contribution < -0.4 is 0 Å². The lowest BCUT2D eigenvalue weighted by molar-refractivity contribution is 0.429. The molecular weight excluding hydrogens is 276 g/mol. The summed E-state index contributed by atoms with van der Waals surface area (Å²) in [4.78, 5) is 4.19. The highest BCUT2D eigenvalue weighted by Crippen LogP contribution is 2.23. The molecule has 0 amide bonds. The molecule has 2 aliphatic rings. The van der Waals surface area contributed by atoms with Crippen molar-refractivity contribution in [2.45, 2.75) is 64.5 Å². The Balaban J connectivity index is 2.04. The van der Waals surface area contributed by atoms with Gasteiger partial charge in [-0.2, -0.15) is 10.2 Å². The van der Waals surface area contributed by atoms with E-state index >= 15 is 0 Å². The highest BCUT2D eigenvalue weighted by molar-refractivity contribution is 5.89. The molecule has 0 unspecified atom stereocenters. The lowest BCUT2D eigenvalue weighted by Crippen LogP contribution is -2.44. The minimum absolute atomic E-state index is 0.539. The molecule has 0 radical (unpaired) electrons. The molecule has 124 valence electrons. The van der Waals surface area contributed by atoms with Crippen molar-refractivity contribution in [3.63, 3.8) is 0 Å². The third-order valence-electron chi connectivity index (χ3n) is 4.55. The van der Waals surface area contributed by atoms with Crippen LogP contribution in [-0.4, -0.2) is 58.7 Å². The van der Waals surface area contributed by atoms with E-state index in [0.717, 1.165) is 51.9 Å². The predicted molar refractivity (Wildman–Crippen MR) is 90.1 cm³/mol. The van der Waals surface area contributed by atoms with Crippen molar-refractivity contribution in [2.24, 2.45) is 10.2 Å². The fourth-order valence-corrected chi connectivity index (χ4v) is 3.00. The highest BCUT2D eigenvalue weighted by atomic mass is 15.3. The van der Waals surface area contributed by atoms with Gasteiger partial charge in [0.05, 0.1) is 0 Å². The van der Waals surface area contributed by atoms with Gasteiger partial charge in [0.25, 0.3) is 0 Å². The summed E-state index contributed by atoms with van der Waals surface area (Å²) in [6.45, 7) is 11.5. The van der Waals surface area contributed by atoms with Crippen molar-refractivity contribution >= 4 is 11.7 Å². The van der Waals surface area contributed by atoms with Crippen LogP contribution in [0, 0.1) is 10.8 Å². The van der Waals surface area contributed by atoms with Gasteiger partial charge in [-0.15, -0.1) is 0 Å². The first-order valence-corrected chi connectivity index (χ1v) is 8.36. The minimum atomic E-state index is -0.632. The molecule has 0 atom stereocenters. The third-order valence-corrected chi connectivity index (χ3v) is 4.55. The molecule has 0 aliphatic carbocycles. The molecule has 0 aromatic heterocycles. The zero-order valence-electron chi connectivity index (χ0n) is 14.4. The average molecular weight is 306 g/mol. The smallest absolute Gasteiger partial charge is 0.132 e. The van der Waals surface area contributed by atoms with Gasteiger partial charge in [0.15, 0.2) is 0 Å². The summed E-state index contributed by atoms with van der Waals surface area (Å²) >= 11 is 0. The van der Waals surface area contributed by atoms with Crippen molar-refractivity contribution in [3.05, 3.63) is 0 Å². The largest absolute Gasteiger partial charge is 0.358 e. The number of azo groups is 1. The zero-order valence-corrected chi connectivity index (χ0v) is 14.4. The number of nitrogens with zero attached hydrogens (tertiary/aromatic N) is 4. The van der Waals surface area contributed by atoms with Crippen molar-refractivity contribution in [1.82, 2.24) is 9.80 Å². The number of nitrogens with one attached hydrogen (secondary N) is 2. The Morgan fingerprint density at radius 1 is 0.682 bits per heavy atom. The first-order chi connectivity index (χ1) is 10.2. The van der Waals surface area contributed by atoms with Crippen LogP contribution in [0.5, 0.6) is 0 Å². The Bertz CT molecular complexity index is 411. The zero-order chi connectivity index (χ0) is 16.4. The van der Waals surface area contributed by atoms with E-state index < -0.39 is 11.1 Å². The number of amidine groups is 2. The van der Waals surface area contributed by atoms with E-state index in [1.165, 1.54) is 0 Å². The first-order valence-electron chi connectivity index (χ1n) is 8.36. The molecule has 0 aromatic rings. The fraction of sp³-hybridized carbons (Fsp3) is 0.875. The number of rotatable bonds is 4. The van der Waals surface area contributed by atoms with Gasteiger partial charge in [0, 0.05) is 26.2 Å². The summed E-state index contributed by atoms with van der Waals surface area (Å²) in [5.41, 5.74) is -1.26. The molecule has 2 aliphatic heterocycles. The van der Waals surface area contributed by atoms with E-state index in [0.29, 0.717) is 11.7 Å². The van der Waals surface area contributed by atoms with Crippen molar-refractivity contribution in [1.29, 1.82) is 10.8 Å². The third kappa shape index (κ3) is 3.65. The summed E-state index contributed by atoms with van der Waals surface area (Å²) in [5, 5.41) is 25.7. The monoisotopic (exact) mass is 306 g/mol. The quantitative estimate of drug-likeness (QED) is 0.475. The average Bonchev–Trinajstić information content (AvgIpc) is 3.16. The van der Waals surface area contributed by atoms with Crippen LogP contribution >= 0.6 is 0 Å². The second-order valence-electron chi connectivity index (χ2n) is 7.40. The second-order valence-corrected chi connectivity index (χ2v) is 7.40. The van der Waals surface area contributed by atoms with Gasteiger partial charge >= 0.3 is 0 Å². The Morgan fingerprint density at radius 3 is 1.23 bits per heavy atom. The molecule has 0 saturated carbocycles. The standard InChI is InChI=1S/C16H30N6/c1-15(2,13(17)21-9-5-6-10-21)19-20-16(3,4)14(18)22-11-7-8-12-22/h17-18H,5-12H2,1-4H3/b17-13?,18-14?,20-19+. The summed E-state index contributed by atoms with van der Waals surface area (Å²) in [7, 11) is 0. The molecule has 2 heterocycles.